The van der Waals surface area contributed by atoms with E-state index < -0.39 is 97.5 Å². The highest BCUT2D eigenvalue weighted by molar-refractivity contribution is 7.47. The molecule has 0 heterocycles. The van der Waals surface area contributed by atoms with Gasteiger partial charge in [-0.1, -0.05) is 275 Å². The van der Waals surface area contributed by atoms with E-state index in [0.717, 1.165) is 193 Å². The molecular formula is C87H142O17P2. The molecule has 0 aliphatic heterocycles. The lowest BCUT2D eigenvalue weighted by Gasteiger charge is -2.21. The van der Waals surface area contributed by atoms with Gasteiger partial charge in [-0.15, -0.1) is 0 Å². The number of hydrogen-bond acceptors (Lipinski definition) is 15. The Bertz CT molecular complexity index is 2680. The number of hydrogen-bond donors (Lipinski definition) is 3. The van der Waals surface area contributed by atoms with Crippen LogP contribution in [0.2, 0.25) is 0 Å². The second kappa shape index (κ2) is 77.6. The van der Waals surface area contributed by atoms with Gasteiger partial charge < -0.3 is 33.8 Å². The Morgan fingerprint density at radius 2 is 0.500 bits per heavy atom. The largest absolute Gasteiger partial charge is 0.472 e. The number of phosphoric ester groups is 2. The Balaban J connectivity index is 5.48. The van der Waals surface area contributed by atoms with Gasteiger partial charge in [0.25, 0.3) is 0 Å². The molecule has 0 aliphatic carbocycles. The highest BCUT2D eigenvalue weighted by atomic mass is 31.2. The predicted molar refractivity (Wildman–Crippen MR) is 436 cm³/mol. The fourth-order valence-corrected chi connectivity index (χ4v) is 11.7. The minimum absolute atomic E-state index is 0.0648. The summed E-state index contributed by atoms with van der Waals surface area (Å²) in [6, 6.07) is 0. The third kappa shape index (κ3) is 76.6. The van der Waals surface area contributed by atoms with Crippen molar-refractivity contribution in [1.82, 2.24) is 0 Å². The Morgan fingerprint density at radius 1 is 0.274 bits per heavy atom. The molecular weight excluding hydrogens is 1380 g/mol. The molecule has 0 spiro atoms. The smallest absolute Gasteiger partial charge is 0.462 e. The van der Waals surface area contributed by atoms with Crippen LogP contribution in [0.25, 0.3) is 0 Å². The maximum atomic E-state index is 13.1. The zero-order valence-corrected chi connectivity index (χ0v) is 67.6. The Labute approximate surface area is 642 Å². The fraction of sp³-hybridized carbons (Fsp3) is 0.632. The summed E-state index contributed by atoms with van der Waals surface area (Å²) < 4.78 is 68.6. The maximum absolute atomic E-state index is 13.1. The molecule has 5 unspecified atom stereocenters. The van der Waals surface area contributed by atoms with Crippen LogP contribution >= 0.6 is 15.6 Å². The molecule has 106 heavy (non-hydrogen) atoms. The summed E-state index contributed by atoms with van der Waals surface area (Å²) in [7, 11) is -10.0. The van der Waals surface area contributed by atoms with Gasteiger partial charge in [0.05, 0.1) is 26.4 Å². The zero-order valence-electron chi connectivity index (χ0n) is 65.8. The third-order valence-electron chi connectivity index (χ3n) is 16.2. The quantitative estimate of drug-likeness (QED) is 0.0169. The van der Waals surface area contributed by atoms with Crippen LogP contribution in [0.15, 0.2) is 170 Å². The number of ether oxygens (including phenoxy) is 4. The van der Waals surface area contributed by atoms with Gasteiger partial charge in [-0.3, -0.25) is 37.3 Å². The summed E-state index contributed by atoms with van der Waals surface area (Å²) in [5, 5.41) is 10.7. The van der Waals surface area contributed by atoms with Crippen molar-refractivity contribution >= 4 is 39.5 Å². The van der Waals surface area contributed by atoms with Crippen LogP contribution in [0.1, 0.15) is 297 Å². The second-order valence-electron chi connectivity index (χ2n) is 26.2. The van der Waals surface area contributed by atoms with Crippen molar-refractivity contribution in [2.24, 2.45) is 0 Å². The van der Waals surface area contributed by atoms with E-state index in [4.69, 9.17) is 37.0 Å². The lowest BCUT2D eigenvalue weighted by molar-refractivity contribution is -0.161. The molecule has 0 saturated heterocycles. The van der Waals surface area contributed by atoms with E-state index >= 15 is 0 Å². The van der Waals surface area contributed by atoms with Crippen molar-refractivity contribution in [2.75, 3.05) is 39.6 Å². The lowest BCUT2D eigenvalue weighted by atomic mass is 10.1. The number of carbonyl (C=O) groups excluding carboxylic acids is 4. The van der Waals surface area contributed by atoms with E-state index in [2.05, 4.69) is 186 Å². The SMILES string of the molecule is CC/C=C\C/C=C\C/C=C\C/C=C\C/C=C\CCCC(=O)OCC(COP(=O)(O)OCC(O)COP(=O)(O)OCC(COC(=O)CCCCCC/C=C\C/C=C\C/C=C\C/C=C\CC)OC(=O)CCCCCCC/C=C\C/C=C\CCCCC)OC(=O)CCCCCCCCC/C=C\C/C=C\C/C=C\CC. The van der Waals surface area contributed by atoms with E-state index in [1.807, 2.05) is 12.2 Å². The highest BCUT2D eigenvalue weighted by Gasteiger charge is 2.30. The van der Waals surface area contributed by atoms with Crippen molar-refractivity contribution in [3.8, 4) is 0 Å². The van der Waals surface area contributed by atoms with Crippen LogP contribution in [0.5, 0.6) is 0 Å². The van der Waals surface area contributed by atoms with E-state index in [1.54, 1.807) is 0 Å². The summed E-state index contributed by atoms with van der Waals surface area (Å²) in [6.45, 7) is 4.39. The van der Waals surface area contributed by atoms with Crippen LogP contribution in [0, 0.1) is 0 Å². The molecule has 19 heteroatoms. The summed E-state index contributed by atoms with van der Waals surface area (Å²) in [6.07, 6.45) is 91.9. The summed E-state index contributed by atoms with van der Waals surface area (Å²) in [5.74, 6) is -2.30. The summed E-state index contributed by atoms with van der Waals surface area (Å²) >= 11 is 0. The normalized spacial score (nSPS) is 14.7. The molecule has 0 rings (SSSR count). The molecule has 17 nitrogen and oxygen atoms in total. The van der Waals surface area contributed by atoms with Gasteiger partial charge >= 0.3 is 39.5 Å². The molecule has 5 atom stereocenters. The summed E-state index contributed by atoms with van der Waals surface area (Å²) in [4.78, 5) is 73.1. The number of aliphatic hydroxyl groups excluding tert-OH is 1. The van der Waals surface area contributed by atoms with Gasteiger partial charge in [-0.2, -0.15) is 0 Å². The molecule has 0 saturated carbocycles. The lowest BCUT2D eigenvalue weighted by Crippen LogP contribution is -2.30. The zero-order chi connectivity index (χ0) is 77.4. The number of aliphatic hydroxyl groups is 1. The molecule has 0 amide bonds. The van der Waals surface area contributed by atoms with Crippen LogP contribution in [-0.2, 0) is 65.4 Å². The van der Waals surface area contributed by atoms with E-state index in [0.29, 0.717) is 32.1 Å². The molecule has 0 aliphatic rings. The second-order valence-corrected chi connectivity index (χ2v) is 29.1. The molecule has 0 radical (unpaired) electrons. The first-order chi connectivity index (χ1) is 51.7. The average Bonchev–Trinajstić information content (AvgIpc) is 0.902. The number of carbonyl (C=O) groups is 4. The van der Waals surface area contributed by atoms with Gasteiger partial charge in [0, 0.05) is 25.7 Å². The Hall–Kier alpha value is -5.58. The van der Waals surface area contributed by atoms with Crippen LogP contribution < -0.4 is 0 Å². The minimum Gasteiger partial charge on any atom is -0.462 e. The third-order valence-corrected chi connectivity index (χ3v) is 18.1. The molecule has 3 N–H and O–H groups in total. The first-order valence-electron chi connectivity index (χ1n) is 40.4. The molecule has 602 valence electrons. The van der Waals surface area contributed by atoms with E-state index in [1.165, 1.54) is 19.3 Å². The van der Waals surface area contributed by atoms with Crippen LogP contribution in [0.3, 0.4) is 0 Å². The molecule has 0 aromatic heterocycles. The standard InChI is InChI=1S/C87H142O17P2/c1-5-9-13-17-21-25-29-33-37-40-44-47-51-55-59-63-67-71-84(89)97-77-82(103-86(91)73-69-65-61-57-53-49-43-36-32-28-24-20-16-12-8-4)79-101-105(93,94)99-75-81(88)76-100-106(95,96)102-80-83(104-87(92)74-70-66-62-58-54-50-46-42-39-35-31-27-23-19-15-11-7-3)78-98-85(90)72-68-64-60-56-52-48-45-41-38-34-30-26-22-18-14-10-6-2/h9-11,13-15,21-28,33-39,43-45,47-48,56,60,81-83,88H,5-8,12,16-20,29-32,40-42,46,49-55,57-59,61-80H2,1-4H3,(H,93,94)(H,95,96)/b13-9-,14-10-,15-11-,25-21-,26-22-,27-23-,28-24-,37-33-,38-34-,39-35-,43-36-,47-44-,48-45-,60-56-. The van der Waals surface area contributed by atoms with Crippen molar-refractivity contribution < 1.29 is 80.2 Å². The van der Waals surface area contributed by atoms with Crippen LogP contribution in [0.4, 0.5) is 0 Å². The van der Waals surface area contributed by atoms with Gasteiger partial charge in [0.15, 0.2) is 12.2 Å². The Kier molecular flexibility index (Phi) is 73.5. The number of rotatable bonds is 74. The number of unbranched alkanes of at least 4 members (excludes halogenated alkanes) is 20. The van der Waals surface area contributed by atoms with Gasteiger partial charge in [-0.25, -0.2) is 9.13 Å². The predicted octanol–water partition coefficient (Wildman–Crippen LogP) is 23.8. The summed E-state index contributed by atoms with van der Waals surface area (Å²) in [5.41, 5.74) is 0. The van der Waals surface area contributed by atoms with Crippen molar-refractivity contribution in [1.29, 1.82) is 0 Å². The monoisotopic (exact) mass is 1520 g/mol. The molecule has 0 fully saturated rings. The first-order valence-corrected chi connectivity index (χ1v) is 43.4. The van der Waals surface area contributed by atoms with Gasteiger partial charge in [0.2, 0.25) is 0 Å². The molecule has 0 aromatic carbocycles. The minimum atomic E-state index is -5.00. The van der Waals surface area contributed by atoms with Crippen molar-refractivity contribution in [3.05, 3.63) is 170 Å². The highest BCUT2D eigenvalue weighted by Crippen LogP contribution is 2.45. The fourth-order valence-electron chi connectivity index (χ4n) is 10.1. The Morgan fingerprint density at radius 3 is 0.792 bits per heavy atom. The van der Waals surface area contributed by atoms with Crippen molar-refractivity contribution in [2.45, 2.75) is 316 Å². The first kappa shape index (κ1) is 100. The van der Waals surface area contributed by atoms with Crippen LogP contribution in [-0.4, -0.2) is 96.7 Å². The topological polar surface area (TPSA) is 237 Å². The van der Waals surface area contributed by atoms with Gasteiger partial charge in [-0.05, 0) is 167 Å². The number of phosphoric acid groups is 2. The molecule has 0 aromatic rings. The van der Waals surface area contributed by atoms with Gasteiger partial charge in [0.1, 0.15) is 19.3 Å². The molecule has 0 bridgehead atoms. The average molecular weight is 1520 g/mol. The number of allylic oxidation sites excluding steroid dienone is 28. The van der Waals surface area contributed by atoms with E-state index in [-0.39, 0.29) is 25.7 Å². The maximum Gasteiger partial charge on any atom is 0.472 e. The van der Waals surface area contributed by atoms with E-state index in [9.17, 15) is 43.2 Å². The number of esters is 4. The van der Waals surface area contributed by atoms with Crippen molar-refractivity contribution in [3.63, 3.8) is 0 Å².